The highest BCUT2D eigenvalue weighted by molar-refractivity contribution is 7.26. The summed E-state index contributed by atoms with van der Waals surface area (Å²) in [5.74, 6) is 1.61. The topological polar surface area (TPSA) is 139 Å². The predicted molar refractivity (Wildman–Crippen MR) is 571 cm³/mol. The average molecular weight is 1810 g/mol. The van der Waals surface area contributed by atoms with Crippen molar-refractivity contribution in [2.75, 3.05) is 14.7 Å². The minimum atomic E-state index is -0.490. The molecule has 0 saturated heterocycles. The van der Waals surface area contributed by atoms with Crippen LogP contribution >= 0.6 is 22.7 Å². The summed E-state index contributed by atoms with van der Waals surface area (Å²) in [7, 11) is 0. The molecular formula is C123H72N12OS2. The maximum Gasteiger partial charge on any atom is 0.238 e. The van der Waals surface area contributed by atoms with Gasteiger partial charge in [0.15, 0.2) is 34.9 Å². The first-order valence-corrected chi connectivity index (χ1v) is 46.5. The van der Waals surface area contributed by atoms with Gasteiger partial charge in [-0.1, -0.05) is 333 Å². The van der Waals surface area contributed by atoms with E-state index in [0.29, 0.717) is 28.4 Å². The van der Waals surface area contributed by atoms with Gasteiger partial charge in [-0.15, -0.1) is 22.7 Å². The van der Waals surface area contributed by atoms with Gasteiger partial charge in [0, 0.05) is 112 Å². The maximum atomic E-state index is 8.86. The third-order valence-corrected chi connectivity index (χ3v) is 28.4. The molecule has 642 valence electrons. The van der Waals surface area contributed by atoms with Crippen LogP contribution in [0.25, 0.3) is 229 Å². The fourth-order valence-corrected chi connectivity index (χ4v) is 22.2. The molecule has 0 amide bonds. The van der Waals surface area contributed by atoms with E-state index < -0.39 is 66.5 Å². The quantitative estimate of drug-likeness (QED) is 0.136. The molecule has 15 heteroatoms. The molecule has 0 aliphatic carbocycles. The Kier molecular flexibility index (Phi) is 14.9. The number of aromatic nitrogens is 9. The van der Waals surface area contributed by atoms with Crippen LogP contribution in [-0.4, -0.2) is 44.9 Å². The van der Waals surface area contributed by atoms with E-state index in [2.05, 4.69) is 194 Å². The van der Waals surface area contributed by atoms with Gasteiger partial charge >= 0.3 is 0 Å². The second-order valence-electron chi connectivity index (χ2n) is 33.9. The smallest absolute Gasteiger partial charge is 0.238 e. The van der Waals surface area contributed by atoms with Gasteiger partial charge in [-0.05, 0) is 168 Å². The van der Waals surface area contributed by atoms with Crippen molar-refractivity contribution in [2.24, 2.45) is 0 Å². The number of furan rings is 1. The lowest BCUT2D eigenvalue weighted by Gasteiger charge is -2.32. The molecular weight excluding hydrogens is 1730 g/mol. The number of thiophene rings is 2. The lowest BCUT2D eigenvalue weighted by atomic mass is 9.90. The summed E-state index contributed by atoms with van der Waals surface area (Å²) in [5, 5.41) is 19.0. The highest BCUT2D eigenvalue weighted by Gasteiger charge is 2.35. The van der Waals surface area contributed by atoms with Crippen LogP contribution in [0.2, 0.25) is 0 Å². The van der Waals surface area contributed by atoms with Crippen LogP contribution in [0.15, 0.2) is 441 Å². The van der Waals surface area contributed by atoms with Gasteiger partial charge in [0.25, 0.3) is 0 Å². The first-order valence-electron chi connectivity index (χ1n) is 52.4. The van der Waals surface area contributed by atoms with Crippen molar-refractivity contribution in [1.29, 1.82) is 0 Å². The Morgan fingerprint density at radius 3 is 0.978 bits per heavy atom. The summed E-state index contributed by atoms with van der Waals surface area (Å²) in [6.45, 7) is 0. The van der Waals surface area contributed by atoms with E-state index >= 15 is 0 Å². The summed E-state index contributed by atoms with van der Waals surface area (Å²) < 4.78 is 139. The molecule has 0 saturated carbocycles. The lowest BCUT2D eigenvalue weighted by Crippen LogP contribution is -2.19. The zero-order chi connectivity index (χ0) is 104. The van der Waals surface area contributed by atoms with Crippen molar-refractivity contribution in [3.8, 4) is 102 Å². The van der Waals surface area contributed by atoms with E-state index in [9.17, 15) is 0 Å². The van der Waals surface area contributed by atoms with Gasteiger partial charge in [0.2, 0.25) is 17.8 Å². The van der Waals surface area contributed by atoms with Gasteiger partial charge < -0.3 is 4.42 Å². The number of anilines is 9. The molecule has 3 aliphatic rings. The molecule has 0 fully saturated rings. The SMILES string of the molecule is [2H]c1c([2H])c([2H])c(-c2nc(-c3ccc4c(c3)sc3ccccc34)nc(N3c4cc5ccccc5cc4-c4cccc5cccc3c45)n2)c([2H])c1[2H].[2H]c1c([2H])c([2H])c(-c2nc(-c3ccc4sc5ccccc5c4c3)nc(N3c4cc5ccccc5cc4-c4cccc5cccc3c45)n2)c([2H])c1[2H].[2H]c1c([2H])c([2H])c(-c2nc(-c3cccc4c3oc3ccccc34)nc(N3c4cc5ccccc5cc4-c4cccc5cccc3c45)n2)c([2H])c1[2H]. The first-order chi connectivity index (χ1) is 74.6. The standard InChI is InChI=1S/C41H24N4O.2C41H24N4S/c1-2-11-26(12-3-1)39-42-40(32-20-10-19-31-29-17-6-7-22-36(29)46-38(31)32)44-41(43-39)45-34-21-9-16-25-15-8-18-30(37(25)34)33-23-27-13-4-5-14-28(27)24-35(33)45;1-2-10-26(11-3-1)39-42-40(29-20-21-37-33(23-29)30-16-6-7-19-36(30)46-37)44-41(43-39)45-34-18-9-15-25-14-8-17-31(38(25)34)32-22-27-12-4-5-13-28(27)24-35(32)45;1-2-10-26(11-3-1)39-42-40(29-20-21-31-30-16-6-7-19-36(30)46-37(31)24-29)44-41(43-39)45-34-18-9-15-25-14-8-17-32(38(25)34)33-22-27-12-4-5-13-28(27)23-35(33)45/h3*1-24H/i1D,2D,3D,11D,12D;2*1D,2D,3D,10D,11D. The molecule has 138 heavy (non-hydrogen) atoms. The van der Waals surface area contributed by atoms with Crippen molar-refractivity contribution in [2.45, 2.75) is 0 Å². The van der Waals surface area contributed by atoms with E-state index in [0.717, 1.165) is 180 Å². The molecule has 0 atom stereocenters. The van der Waals surface area contributed by atoms with Gasteiger partial charge in [-0.3, -0.25) is 14.7 Å². The normalized spacial score (nSPS) is 13.8. The Hall–Kier alpha value is -18.2. The lowest BCUT2D eigenvalue weighted by molar-refractivity contribution is 0.669. The molecule has 9 heterocycles. The molecule has 0 unspecified atom stereocenters. The van der Waals surface area contributed by atoms with E-state index in [4.69, 9.17) is 69.8 Å². The second kappa shape index (κ2) is 31.8. The number of nitrogens with zero attached hydrogens (tertiary/aromatic N) is 12. The summed E-state index contributed by atoms with van der Waals surface area (Å²) in [4.78, 5) is 50.8. The van der Waals surface area contributed by atoms with Crippen LogP contribution in [-0.2, 0) is 0 Å². The monoisotopic (exact) mass is 1810 g/mol. The number of benzene rings is 21. The van der Waals surface area contributed by atoms with Gasteiger partial charge in [-0.2, -0.15) is 29.9 Å². The Morgan fingerprint density at radius 2 is 0.522 bits per heavy atom. The predicted octanol–water partition coefficient (Wildman–Crippen LogP) is 33.5. The van der Waals surface area contributed by atoms with Crippen LogP contribution in [0.1, 0.15) is 20.6 Å². The second-order valence-corrected chi connectivity index (χ2v) is 36.1. The summed E-state index contributed by atoms with van der Waals surface area (Å²) in [6.07, 6.45) is 0. The highest BCUT2D eigenvalue weighted by atomic mass is 32.1. The highest BCUT2D eigenvalue weighted by Crippen LogP contribution is 2.57. The average Bonchev–Trinajstić information content (AvgIpc) is 1.43. The van der Waals surface area contributed by atoms with Gasteiger partial charge in [0.1, 0.15) is 11.2 Å². The molecule has 21 aromatic carbocycles. The van der Waals surface area contributed by atoms with Crippen molar-refractivity contribution in [3.05, 3.63) is 436 Å². The number of hydrogen-bond donors (Lipinski definition) is 0. The number of hydrogen-bond acceptors (Lipinski definition) is 15. The largest absolute Gasteiger partial charge is 0.455 e. The van der Waals surface area contributed by atoms with E-state index in [1.165, 1.54) is 14.8 Å². The third kappa shape index (κ3) is 13.0. The molecule has 13 nitrogen and oxygen atoms in total. The first kappa shape index (κ1) is 64.6. The zero-order valence-corrected chi connectivity index (χ0v) is 74.1. The molecule has 27 aromatic rings. The van der Waals surface area contributed by atoms with Gasteiger partial charge in [0.05, 0.1) is 60.2 Å². The zero-order valence-electron chi connectivity index (χ0n) is 87.5. The van der Waals surface area contributed by atoms with Crippen molar-refractivity contribution < 1.29 is 25.0 Å². The summed E-state index contributed by atoms with van der Waals surface area (Å²) in [5.41, 5.74) is 14.4. The minimum Gasteiger partial charge on any atom is -0.455 e. The molecule has 0 N–H and O–H groups in total. The van der Waals surface area contributed by atoms with Crippen LogP contribution < -0.4 is 14.7 Å². The van der Waals surface area contributed by atoms with E-state index in [1.807, 2.05) is 166 Å². The number of fused-ring (bicyclic) bond motifs is 18. The Balaban J connectivity index is 0.000000110. The molecule has 3 aliphatic heterocycles. The van der Waals surface area contributed by atoms with Crippen LogP contribution in [0.3, 0.4) is 0 Å². The van der Waals surface area contributed by atoms with Crippen LogP contribution in [0, 0.1) is 0 Å². The minimum absolute atomic E-state index is 0.00295. The van der Waals surface area contributed by atoms with E-state index in [1.54, 1.807) is 22.7 Å². The molecule has 0 radical (unpaired) electrons. The molecule has 6 aromatic heterocycles. The molecule has 0 bridgehead atoms. The number of rotatable bonds is 9. The summed E-state index contributed by atoms with van der Waals surface area (Å²) >= 11 is 3.40. The van der Waals surface area contributed by atoms with Crippen LogP contribution in [0.4, 0.5) is 52.0 Å². The fourth-order valence-electron chi connectivity index (χ4n) is 20.0. The van der Waals surface area contributed by atoms with Crippen LogP contribution in [0.5, 0.6) is 0 Å². The third-order valence-electron chi connectivity index (χ3n) is 26.1. The molecule has 30 rings (SSSR count). The Bertz CT molecular complexity index is 10700. The number of para-hydroxylation sites is 2. The Labute approximate surface area is 819 Å². The summed E-state index contributed by atoms with van der Waals surface area (Å²) in [6, 6.07) is 111. The van der Waals surface area contributed by atoms with E-state index in [-0.39, 0.29) is 82.0 Å². The van der Waals surface area contributed by atoms with Crippen molar-refractivity contribution in [1.82, 2.24) is 44.9 Å². The van der Waals surface area contributed by atoms with Crippen molar-refractivity contribution >= 4 is 202 Å². The fraction of sp³-hybridized carbons (Fsp3) is 0. The molecule has 0 spiro atoms. The maximum absolute atomic E-state index is 8.86. The van der Waals surface area contributed by atoms with Gasteiger partial charge in [-0.25, -0.2) is 15.0 Å². The van der Waals surface area contributed by atoms with Crippen molar-refractivity contribution in [3.63, 3.8) is 0 Å². The Morgan fingerprint density at radius 1 is 0.203 bits per heavy atom.